The van der Waals surface area contributed by atoms with Crippen LogP contribution >= 0.6 is 0 Å². The Morgan fingerprint density at radius 3 is 1.85 bits per heavy atom. The van der Waals surface area contributed by atoms with Crippen molar-refractivity contribution < 1.29 is 29.1 Å². The lowest BCUT2D eigenvalue weighted by Gasteiger charge is -1.99. The molecular weight excluding hydrogens is 282 g/mol. The number of rotatable bonds is 3. The number of esters is 2. The number of hydrogen-bond acceptors (Lipinski definition) is 9. The number of cyclic esters (lactones) is 2. The van der Waals surface area contributed by atoms with Gasteiger partial charge in [0.2, 0.25) is 0 Å². The van der Waals surface area contributed by atoms with Crippen molar-refractivity contribution in [1.29, 1.82) is 0 Å². The van der Waals surface area contributed by atoms with Crippen LogP contribution in [0.4, 0.5) is 17.1 Å². The van der Waals surface area contributed by atoms with Crippen LogP contribution in [-0.4, -0.2) is 26.7 Å². The van der Waals surface area contributed by atoms with Crippen LogP contribution in [-0.2, 0) is 4.74 Å². The van der Waals surface area contributed by atoms with Gasteiger partial charge in [-0.2, -0.15) is 0 Å². The van der Waals surface area contributed by atoms with Gasteiger partial charge in [-0.05, 0) is 0 Å². The molecule has 1 heterocycles. The Hall–Kier alpha value is -3.44. The molecule has 1 aromatic rings. The minimum atomic E-state index is -1.48. The van der Waals surface area contributed by atoms with E-state index < -0.39 is 54.9 Å². The summed E-state index contributed by atoms with van der Waals surface area (Å²) in [5.41, 5.74) is -5.90. The number of ether oxygens (including phenoxy) is 1. The minimum absolute atomic E-state index is 0.410. The van der Waals surface area contributed by atoms with Gasteiger partial charge >= 0.3 is 29.0 Å². The second kappa shape index (κ2) is 4.04. The van der Waals surface area contributed by atoms with Gasteiger partial charge in [0, 0.05) is 6.07 Å². The molecule has 0 saturated carbocycles. The predicted octanol–water partition coefficient (Wildman–Crippen LogP) is 0.722. The first kappa shape index (κ1) is 13.0. The zero-order valence-corrected chi connectivity index (χ0v) is 9.09. The summed E-state index contributed by atoms with van der Waals surface area (Å²) in [5.74, 6) is -2.80. The van der Waals surface area contributed by atoms with Gasteiger partial charge in [-0.15, -0.1) is 0 Å². The molecule has 12 nitrogen and oxygen atoms in total. The third kappa shape index (κ3) is 1.63. The van der Waals surface area contributed by atoms with Crippen molar-refractivity contribution in [2.45, 2.75) is 0 Å². The summed E-state index contributed by atoms with van der Waals surface area (Å²) < 4.78 is 4.06. The number of nitro benzene ring substituents is 3. The zero-order valence-electron chi connectivity index (χ0n) is 9.09. The SMILES string of the molecule is O=C1OC(=O)c2c1cc([N+](=O)[O-])c([N+](=O)[O-])c2[N+](=O)[O-]. The van der Waals surface area contributed by atoms with Crippen molar-refractivity contribution in [3.05, 3.63) is 47.5 Å². The van der Waals surface area contributed by atoms with Gasteiger partial charge in [0.25, 0.3) is 0 Å². The van der Waals surface area contributed by atoms with Crippen molar-refractivity contribution in [2.24, 2.45) is 0 Å². The van der Waals surface area contributed by atoms with Gasteiger partial charge in [0.15, 0.2) is 5.56 Å². The lowest BCUT2D eigenvalue weighted by molar-refractivity contribution is -0.441. The van der Waals surface area contributed by atoms with Crippen LogP contribution in [0.2, 0.25) is 0 Å². The highest BCUT2D eigenvalue weighted by atomic mass is 16.6. The van der Waals surface area contributed by atoms with Crippen molar-refractivity contribution in [3.63, 3.8) is 0 Å². The van der Waals surface area contributed by atoms with Crippen LogP contribution in [0.25, 0.3) is 0 Å². The summed E-state index contributed by atoms with van der Waals surface area (Å²) in [4.78, 5) is 51.0. The van der Waals surface area contributed by atoms with Crippen LogP contribution in [0.1, 0.15) is 20.7 Å². The normalized spacial score (nSPS) is 12.8. The summed E-state index contributed by atoms with van der Waals surface area (Å²) in [5, 5.41) is 32.4. The molecule has 0 fully saturated rings. The molecule has 0 saturated heterocycles. The smallest absolute Gasteiger partial charge is 0.385 e. The molecule has 0 spiro atoms. The maximum atomic E-state index is 11.3. The largest absolute Gasteiger partial charge is 0.423 e. The second-order valence-electron chi connectivity index (χ2n) is 3.46. The van der Waals surface area contributed by atoms with E-state index in [9.17, 15) is 39.9 Å². The van der Waals surface area contributed by atoms with Gasteiger partial charge in [-0.25, -0.2) is 9.59 Å². The summed E-state index contributed by atoms with van der Waals surface area (Å²) >= 11 is 0. The molecule has 2 rings (SSSR count). The van der Waals surface area contributed by atoms with Crippen LogP contribution in [0.15, 0.2) is 6.07 Å². The molecule has 0 bridgehead atoms. The van der Waals surface area contributed by atoms with E-state index in [1.54, 1.807) is 0 Å². The zero-order chi connectivity index (χ0) is 15.2. The van der Waals surface area contributed by atoms with E-state index >= 15 is 0 Å². The Labute approximate surface area is 107 Å². The topological polar surface area (TPSA) is 173 Å². The molecular formula is C8HN3O9. The van der Waals surface area contributed by atoms with Crippen molar-refractivity contribution >= 4 is 29.0 Å². The van der Waals surface area contributed by atoms with Crippen LogP contribution in [0.5, 0.6) is 0 Å². The Bertz CT molecular complexity index is 722. The van der Waals surface area contributed by atoms with Crippen LogP contribution in [0.3, 0.4) is 0 Å². The number of fused-ring (bicyclic) bond motifs is 1. The molecule has 0 unspecified atom stereocenters. The van der Waals surface area contributed by atoms with E-state index in [-0.39, 0.29) is 0 Å². The third-order valence-electron chi connectivity index (χ3n) is 2.43. The van der Waals surface area contributed by atoms with Crippen molar-refractivity contribution in [3.8, 4) is 0 Å². The first-order chi connectivity index (χ1) is 9.25. The van der Waals surface area contributed by atoms with Gasteiger partial charge in [0.05, 0.1) is 20.3 Å². The first-order valence-corrected chi connectivity index (χ1v) is 4.66. The van der Waals surface area contributed by atoms with E-state index in [1.807, 2.05) is 0 Å². The Morgan fingerprint density at radius 1 is 0.850 bits per heavy atom. The fraction of sp³-hybridized carbons (Fsp3) is 0. The Morgan fingerprint density at radius 2 is 1.40 bits per heavy atom. The average molecular weight is 283 g/mol. The van der Waals surface area contributed by atoms with E-state index in [4.69, 9.17) is 0 Å². The number of carbonyl (C=O) groups excluding carboxylic acids is 2. The van der Waals surface area contributed by atoms with Crippen molar-refractivity contribution in [1.82, 2.24) is 0 Å². The number of carbonyl (C=O) groups is 2. The number of benzene rings is 1. The molecule has 1 aliphatic rings. The molecule has 0 radical (unpaired) electrons. The Kier molecular flexibility index (Phi) is 2.63. The molecule has 1 aromatic carbocycles. The highest BCUT2D eigenvalue weighted by molar-refractivity contribution is 6.18. The van der Waals surface area contributed by atoms with E-state index in [1.165, 1.54) is 0 Å². The van der Waals surface area contributed by atoms with Gasteiger partial charge in [-0.3, -0.25) is 30.3 Å². The fourth-order valence-electron chi connectivity index (χ4n) is 1.70. The van der Waals surface area contributed by atoms with E-state index in [0.29, 0.717) is 6.07 Å². The van der Waals surface area contributed by atoms with E-state index in [2.05, 4.69) is 4.74 Å². The maximum absolute atomic E-state index is 11.3. The lowest BCUT2D eigenvalue weighted by Crippen LogP contribution is -2.07. The molecule has 0 aliphatic carbocycles. The maximum Gasteiger partial charge on any atom is 0.423 e. The molecule has 0 aromatic heterocycles. The highest BCUT2D eigenvalue weighted by Gasteiger charge is 2.48. The number of nitro groups is 3. The number of nitrogens with zero attached hydrogens (tertiary/aromatic N) is 3. The third-order valence-corrected chi connectivity index (χ3v) is 2.43. The second-order valence-corrected chi connectivity index (χ2v) is 3.46. The quantitative estimate of drug-likeness (QED) is 0.335. The standard InChI is InChI=1S/C8HN3O9/c12-7-2-1-3(9(14)15)5(10(16)17)6(11(18)19)4(2)8(13)20-7/h1H. The molecule has 0 atom stereocenters. The number of hydrogen-bond donors (Lipinski definition) is 0. The molecule has 12 heteroatoms. The summed E-state index contributed by atoms with van der Waals surface area (Å²) in [6.07, 6.45) is 0. The fourth-order valence-corrected chi connectivity index (χ4v) is 1.70. The van der Waals surface area contributed by atoms with Gasteiger partial charge < -0.3 is 4.74 Å². The first-order valence-electron chi connectivity index (χ1n) is 4.66. The van der Waals surface area contributed by atoms with E-state index in [0.717, 1.165) is 0 Å². The van der Waals surface area contributed by atoms with Crippen LogP contribution < -0.4 is 0 Å². The monoisotopic (exact) mass is 283 g/mol. The molecule has 20 heavy (non-hydrogen) atoms. The molecule has 1 aliphatic heterocycles. The van der Waals surface area contributed by atoms with Gasteiger partial charge in [0.1, 0.15) is 0 Å². The lowest BCUT2D eigenvalue weighted by atomic mass is 10.0. The average Bonchev–Trinajstić information content (AvgIpc) is 2.62. The van der Waals surface area contributed by atoms with Crippen molar-refractivity contribution in [2.75, 3.05) is 0 Å². The Balaban J connectivity index is 3.01. The minimum Gasteiger partial charge on any atom is -0.385 e. The predicted molar refractivity (Wildman–Crippen MR) is 56.2 cm³/mol. The summed E-state index contributed by atoms with van der Waals surface area (Å²) in [6, 6.07) is 0.410. The molecule has 102 valence electrons. The highest BCUT2D eigenvalue weighted by Crippen LogP contribution is 2.43. The molecule has 0 amide bonds. The van der Waals surface area contributed by atoms with Gasteiger partial charge in [-0.1, -0.05) is 0 Å². The summed E-state index contributed by atoms with van der Waals surface area (Å²) in [6.45, 7) is 0. The molecule has 0 N–H and O–H groups in total. The van der Waals surface area contributed by atoms with Crippen LogP contribution in [0, 0.1) is 30.3 Å². The summed E-state index contributed by atoms with van der Waals surface area (Å²) in [7, 11) is 0.